The van der Waals surface area contributed by atoms with Crippen LogP contribution in [0.5, 0.6) is 0 Å². The molecule has 0 saturated carbocycles. The Balaban J connectivity index is 1.89. The molecule has 0 radical (unpaired) electrons. The topological polar surface area (TPSA) is 35.8 Å². The van der Waals surface area contributed by atoms with Crippen molar-refractivity contribution in [3.8, 4) is 0 Å². The zero-order valence-corrected chi connectivity index (χ0v) is 15.2. The first-order chi connectivity index (χ1) is 11.5. The van der Waals surface area contributed by atoms with Gasteiger partial charge in [-0.1, -0.05) is 19.4 Å². The molecule has 1 aliphatic heterocycles. The van der Waals surface area contributed by atoms with E-state index in [1.165, 1.54) is 22.2 Å². The van der Waals surface area contributed by atoms with E-state index in [1.807, 2.05) is 0 Å². The van der Waals surface area contributed by atoms with Crippen molar-refractivity contribution in [3.63, 3.8) is 0 Å². The molecule has 0 bridgehead atoms. The van der Waals surface area contributed by atoms with Crippen LogP contribution in [0, 0.1) is 0 Å². The van der Waals surface area contributed by atoms with Gasteiger partial charge < -0.3 is 14.0 Å². The van der Waals surface area contributed by atoms with Crippen molar-refractivity contribution in [3.05, 3.63) is 36.0 Å². The lowest BCUT2D eigenvalue weighted by Crippen LogP contribution is -2.16. The van der Waals surface area contributed by atoms with Crippen LogP contribution in [0.15, 0.2) is 35.5 Å². The summed E-state index contributed by atoms with van der Waals surface area (Å²) in [4.78, 5) is 4.94. The highest BCUT2D eigenvalue weighted by molar-refractivity contribution is 6.03. The molecule has 0 N–H and O–H groups in total. The van der Waals surface area contributed by atoms with E-state index in [-0.39, 0.29) is 11.8 Å². The molecule has 2 aromatic rings. The Hall–Kier alpha value is -1.65. The minimum atomic E-state index is -0.126. The molecule has 1 aromatic carbocycles. The molecule has 3 rings (SSSR count). The van der Waals surface area contributed by atoms with E-state index in [0.717, 1.165) is 19.4 Å². The summed E-state index contributed by atoms with van der Waals surface area (Å²) >= 11 is 0. The van der Waals surface area contributed by atoms with Crippen molar-refractivity contribution < 1.29 is 9.47 Å². The molecule has 1 aromatic heterocycles. The predicted octanol–water partition coefficient (Wildman–Crippen LogP) is 4.40. The Morgan fingerprint density at radius 1 is 1.21 bits per heavy atom. The third-order valence-corrected chi connectivity index (χ3v) is 4.10. The maximum atomic E-state index is 5.56. The van der Waals surface area contributed by atoms with Gasteiger partial charge in [0.25, 0.3) is 0 Å². The fraction of sp³-hybridized carbons (Fsp3) is 0.550. The number of fused-ring (bicyclic) bond motifs is 1. The minimum absolute atomic E-state index is 0.0530. The number of hydrogen-bond donors (Lipinski definition) is 0. The second-order valence-electron chi connectivity index (χ2n) is 7.39. The second-order valence-corrected chi connectivity index (χ2v) is 7.39. The Kier molecular flexibility index (Phi) is 5.07. The van der Waals surface area contributed by atoms with Gasteiger partial charge in [-0.25, -0.2) is 0 Å². The molecule has 24 heavy (non-hydrogen) atoms. The van der Waals surface area contributed by atoms with Gasteiger partial charge in [-0.05, 0) is 51.0 Å². The van der Waals surface area contributed by atoms with E-state index >= 15 is 0 Å². The first-order valence-corrected chi connectivity index (χ1v) is 8.87. The molecule has 1 aliphatic rings. The summed E-state index contributed by atoms with van der Waals surface area (Å²) < 4.78 is 13.3. The monoisotopic (exact) mass is 328 g/mol. The van der Waals surface area contributed by atoms with Crippen LogP contribution in [-0.4, -0.2) is 35.3 Å². The molecule has 4 heteroatoms. The van der Waals surface area contributed by atoms with Gasteiger partial charge in [0.05, 0.1) is 25.3 Å². The van der Waals surface area contributed by atoms with Gasteiger partial charge in [-0.2, -0.15) is 0 Å². The zero-order valence-electron chi connectivity index (χ0n) is 15.2. The van der Waals surface area contributed by atoms with Gasteiger partial charge in [0, 0.05) is 22.8 Å². The molecule has 0 aliphatic carbocycles. The number of aromatic nitrogens is 1. The van der Waals surface area contributed by atoms with Gasteiger partial charge in [0.15, 0.2) is 6.29 Å². The van der Waals surface area contributed by atoms with Crippen molar-refractivity contribution in [2.75, 3.05) is 13.2 Å². The summed E-state index contributed by atoms with van der Waals surface area (Å²) in [6.45, 7) is 10.8. The van der Waals surface area contributed by atoms with Crippen LogP contribution >= 0.6 is 0 Å². The molecule has 0 amide bonds. The molecular formula is C20H28N2O2. The lowest BCUT2D eigenvalue weighted by atomic mass is 10.0. The summed E-state index contributed by atoms with van der Waals surface area (Å²) in [5, 5.41) is 1.24. The molecule has 4 nitrogen and oxygen atoms in total. The largest absolute Gasteiger partial charge is 0.348 e. The highest BCUT2D eigenvalue weighted by Gasteiger charge is 2.17. The Bertz CT molecular complexity index is 719. The summed E-state index contributed by atoms with van der Waals surface area (Å²) in [6, 6.07) is 8.79. The number of hydrogen-bond acceptors (Lipinski definition) is 3. The van der Waals surface area contributed by atoms with E-state index in [9.17, 15) is 0 Å². The van der Waals surface area contributed by atoms with Gasteiger partial charge >= 0.3 is 0 Å². The maximum absolute atomic E-state index is 5.56. The Labute approximate surface area is 144 Å². The van der Waals surface area contributed by atoms with Crippen LogP contribution < -0.4 is 0 Å². The maximum Gasteiger partial charge on any atom is 0.175 e. The smallest absolute Gasteiger partial charge is 0.175 e. The molecule has 0 atom stereocenters. The molecule has 0 spiro atoms. The van der Waals surface area contributed by atoms with Crippen LogP contribution in [0.3, 0.4) is 0 Å². The van der Waals surface area contributed by atoms with Crippen LogP contribution in [0.25, 0.3) is 10.9 Å². The first kappa shape index (κ1) is 17.2. The van der Waals surface area contributed by atoms with E-state index in [2.05, 4.69) is 62.7 Å². The van der Waals surface area contributed by atoms with E-state index < -0.39 is 0 Å². The van der Waals surface area contributed by atoms with Crippen molar-refractivity contribution in [2.24, 2.45) is 4.99 Å². The van der Waals surface area contributed by atoms with Gasteiger partial charge in [-0.3, -0.25) is 4.99 Å². The van der Waals surface area contributed by atoms with Crippen molar-refractivity contribution >= 4 is 16.6 Å². The van der Waals surface area contributed by atoms with Crippen LogP contribution in [0.2, 0.25) is 0 Å². The SMILES string of the molecule is CCCC(=NC(C)(C)C)c1ccc2c(ccn2CC2OCCO2)c1. The van der Waals surface area contributed by atoms with Crippen LogP contribution in [0.1, 0.15) is 46.1 Å². The normalized spacial score (nSPS) is 17.1. The lowest BCUT2D eigenvalue weighted by Gasteiger charge is -2.16. The van der Waals surface area contributed by atoms with Crippen LogP contribution in [-0.2, 0) is 16.0 Å². The molecule has 2 heterocycles. The zero-order chi connectivity index (χ0) is 17.2. The van der Waals surface area contributed by atoms with Gasteiger partial charge in [-0.15, -0.1) is 0 Å². The lowest BCUT2D eigenvalue weighted by molar-refractivity contribution is -0.0517. The molecule has 0 unspecified atom stereocenters. The third-order valence-electron chi connectivity index (χ3n) is 4.10. The molecule has 1 fully saturated rings. The second kappa shape index (κ2) is 7.08. The number of rotatable bonds is 5. The third kappa shape index (κ3) is 4.05. The van der Waals surface area contributed by atoms with Crippen molar-refractivity contribution in [1.82, 2.24) is 4.57 Å². The summed E-state index contributed by atoms with van der Waals surface area (Å²) in [5.74, 6) is 0. The Morgan fingerprint density at radius 2 is 1.96 bits per heavy atom. The van der Waals surface area contributed by atoms with E-state index in [0.29, 0.717) is 13.2 Å². The first-order valence-electron chi connectivity index (χ1n) is 8.87. The highest BCUT2D eigenvalue weighted by Crippen LogP contribution is 2.22. The number of ether oxygens (including phenoxy) is 2. The van der Waals surface area contributed by atoms with Gasteiger partial charge in [0.1, 0.15) is 0 Å². The van der Waals surface area contributed by atoms with Gasteiger partial charge in [0.2, 0.25) is 0 Å². The van der Waals surface area contributed by atoms with E-state index in [1.54, 1.807) is 0 Å². The average molecular weight is 328 g/mol. The summed E-state index contributed by atoms with van der Waals surface area (Å²) in [6.07, 6.45) is 4.09. The van der Waals surface area contributed by atoms with Crippen LogP contribution in [0.4, 0.5) is 0 Å². The number of benzene rings is 1. The van der Waals surface area contributed by atoms with E-state index in [4.69, 9.17) is 14.5 Å². The highest BCUT2D eigenvalue weighted by atomic mass is 16.7. The average Bonchev–Trinajstić information content (AvgIpc) is 3.16. The number of aliphatic imine (C=N–C) groups is 1. The quantitative estimate of drug-likeness (QED) is 0.763. The molecule has 1 saturated heterocycles. The van der Waals surface area contributed by atoms with Crippen molar-refractivity contribution in [1.29, 1.82) is 0 Å². The molecule has 130 valence electrons. The Morgan fingerprint density at radius 3 is 2.62 bits per heavy atom. The minimum Gasteiger partial charge on any atom is -0.348 e. The standard InChI is InChI=1S/C20H28N2O2/c1-5-6-17(21-20(2,3)4)15-7-8-18-16(13-15)9-10-22(18)14-19-23-11-12-24-19/h7-10,13,19H,5-6,11-12,14H2,1-4H3. The fourth-order valence-electron chi connectivity index (χ4n) is 3.12. The summed E-state index contributed by atoms with van der Waals surface area (Å²) in [7, 11) is 0. The summed E-state index contributed by atoms with van der Waals surface area (Å²) in [5.41, 5.74) is 3.58. The van der Waals surface area contributed by atoms with Crippen molar-refractivity contribution in [2.45, 2.75) is 58.9 Å². The molecular weight excluding hydrogens is 300 g/mol. The predicted molar refractivity (Wildman–Crippen MR) is 98.8 cm³/mol. The number of nitrogens with zero attached hydrogens (tertiary/aromatic N) is 2. The fourth-order valence-corrected chi connectivity index (χ4v) is 3.12.